The molecule has 1 saturated carbocycles. The number of H-pyrrole nitrogens is 1. The Kier molecular flexibility index (Phi) is 6.40. The molecule has 2 aromatic carbocycles. The number of nitrogens with one attached hydrogen (secondary N) is 1. The molecule has 0 bridgehead atoms. The van der Waals surface area contributed by atoms with Crippen molar-refractivity contribution in [3.8, 4) is 5.75 Å². The van der Waals surface area contributed by atoms with Gasteiger partial charge in [-0.15, -0.1) is 5.10 Å². The predicted octanol–water partition coefficient (Wildman–Crippen LogP) is 4.15. The molecule has 1 aliphatic carbocycles. The van der Waals surface area contributed by atoms with Gasteiger partial charge < -0.3 is 9.72 Å². The van der Waals surface area contributed by atoms with E-state index in [1.54, 1.807) is 7.11 Å². The quantitative estimate of drug-likeness (QED) is 0.427. The molecule has 0 atom stereocenters. The van der Waals surface area contributed by atoms with Crippen LogP contribution in [0.3, 0.4) is 0 Å². The van der Waals surface area contributed by atoms with Gasteiger partial charge in [-0.3, -0.25) is 9.69 Å². The highest BCUT2D eigenvalue weighted by atomic mass is 16.5. The number of benzene rings is 2. The molecule has 8 nitrogen and oxygen atoms in total. The highest BCUT2D eigenvalue weighted by Gasteiger charge is 2.23. The van der Waals surface area contributed by atoms with Crippen molar-refractivity contribution in [2.45, 2.75) is 58.3 Å². The van der Waals surface area contributed by atoms with Crippen molar-refractivity contribution in [2.24, 2.45) is 0 Å². The van der Waals surface area contributed by atoms with Crippen molar-refractivity contribution in [3.05, 3.63) is 81.4 Å². The normalized spacial score (nSPS) is 14.3. The summed E-state index contributed by atoms with van der Waals surface area (Å²) in [7, 11) is 1.68. The van der Waals surface area contributed by atoms with Crippen molar-refractivity contribution in [3.63, 3.8) is 0 Å². The summed E-state index contributed by atoms with van der Waals surface area (Å²) in [6.45, 7) is 3.66. The summed E-state index contributed by atoms with van der Waals surface area (Å²) in [4.78, 5) is 18.2. The van der Waals surface area contributed by atoms with Crippen molar-refractivity contribution < 1.29 is 4.74 Å². The second-order valence-corrected chi connectivity index (χ2v) is 9.15. The summed E-state index contributed by atoms with van der Waals surface area (Å²) in [6, 6.07) is 16.4. The molecule has 0 amide bonds. The van der Waals surface area contributed by atoms with E-state index in [4.69, 9.17) is 4.74 Å². The van der Waals surface area contributed by atoms with Gasteiger partial charge in [0.15, 0.2) is 5.82 Å². The number of aryl methyl sites for hydroxylation is 1. The molecule has 1 fully saturated rings. The Morgan fingerprint density at radius 1 is 1.06 bits per heavy atom. The fraction of sp³-hybridized carbons (Fsp3) is 0.385. The maximum absolute atomic E-state index is 13.0. The maximum atomic E-state index is 13.0. The molecular formula is C26H30N6O2. The standard InChI is InChI=1S/C26H30N6O2/c1-18-11-12-23-20(13-18)14-21(26(33)27-23)16-31(15-19-7-3-6-10-24(19)34-2)17-25-28-29-30-32(25)22-8-4-5-9-22/h3,6-7,10-14,22H,4-5,8-9,15-17H2,1-2H3,(H,27,33). The van der Waals surface area contributed by atoms with Gasteiger partial charge in [-0.1, -0.05) is 42.7 Å². The summed E-state index contributed by atoms with van der Waals surface area (Å²) in [5.41, 5.74) is 3.70. The van der Waals surface area contributed by atoms with Crippen LogP contribution in [0.25, 0.3) is 10.9 Å². The molecule has 2 aromatic heterocycles. The van der Waals surface area contributed by atoms with E-state index >= 15 is 0 Å². The van der Waals surface area contributed by atoms with Crippen LogP contribution in [0.15, 0.2) is 53.3 Å². The van der Waals surface area contributed by atoms with Gasteiger partial charge >= 0.3 is 0 Å². The lowest BCUT2D eigenvalue weighted by Crippen LogP contribution is -2.28. The number of nitrogens with zero attached hydrogens (tertiary/aromatic N) is 5. The van der Waals surface area contributed by atoms with E-state index in [9.17, 15) is 4.79 Å². The monoisotopic (exact) mass is 458 g/mol. The first kappa shape index (κ1) is 22.3. The number of fused-ring (bicyclic) bond motifs is 1. The number of pyridine rings is 1. The smallest absolute Gasteiger partial charge is 0.252 e. The van der Waals surface area contributed by atoms with E-state index in [1.165, 1.54) is 12.8 Å². The third kappa shape index (κ3) is 4.72. The lowest BCUT2D eigenvalue weighted by atomic mass is 10.1. The molecule has 1 aliphatic rings. The number of hydrogen-bond donors (Lipinski definition) is 1. The predicted molar refractivity (Wildman–Crippen MR) is 131 cm³/mol. The van der Waals surface area contributed by atoms with Crippen molar-refractivity contribution in [1.82, 2.24) is 30.1 Å². The fourth-order valence-electron chi connectivity index (χ4n) is 4.92. The number of rotatable bonds is 8. The van der Waals surface area contributed by atoms with Crippen LogP contribution in [0, 0.1) is 6.92 Å². The van der Waals surface area contributed by atoms with Gasteiger partial charge in [0, 0.05) is 29.7 Å². The lowest BCUT2D eigenvalue weighted by molar-refractivity contribution is 0.228. The number of ether oxygens (including phenoxy) is 1. The molecule has 8 heteroatoms. The third-order valence-electron chi connectivity index (χ3n) is 6.65. The van der Waals surface area contributed by atoms with Crippen molar-refractivity contribution in [1.29, 1.82) is 0 Å². The minimum atomic E-state index is -0.0724. The van der Waals surface area contributed by atoms with E-state index in [1.807, 2.05) is 41.1 Å². The lowest BCUT2D eigenvalue weighted by Gasteiger charge is -2.23. The average Bonchev–Trinajstić information content (AvgIpc) is 3.52. The van der Waals surface area contributed by atoms with E-state index in [0.29, 0.717) is 31.2 Å². The Morgan fingerprint density at radius 3 is 2.68 bits per heavy atom. The second-order valence-electron chi connectivity index (χ2n) is 9.15. The third-order valence-corrected chi connectivity index (χ3v) is 6.65. The van der Waals surface area contributed by atoms with Crippen LogP contribution >= 0.6 is 0 Å². The number of aromatic nitrogens is 5. The highest BCUT2D eigenvalue weighted by Crippen LogP contribution is 2.30. The Bertz CT molecular complexity index is 1340. The second kappa shape index (κ2) is 9.77. The van der Waals surface area contributed by atoms with Crippen LogP contribution in [0.5, 0.6) is 5.75 Å². The van der Waals surface area contributed by atoms with E-state index in [-0.39, 0.29) is 5.56 Å². The van der Waals surface area contributed by atoms with Crippen LogP contribution < -0.4 is 10.3 Å². The zero-order valence-electron chi connectivity index (χ0n) is 19.7. The number of hydrogen-bond acceptors (Lipinski definition) is 6. The van der Waals surface area contributed by atoms with E-state index in [0.717, 1.165) is 46.4 Å². The highest BCUT2D eigenvalue weighted by molar-refractivity contribution is 5.79. The zero-order valence-corrected chi connectivity index (χ0v) is 19.7. The molecule has 0 spiro atoms. The molecule has 0 saturated heterocycles. The number of aromatic amines is 1. The van der Waals surface area contributed by atoms with Crippen LogP contribution in [-0.4, -0.2) is 37.2 Å². The van der Waals surface area contributed by atoms with Gasteiger partial charge in [-0.2, -0.15) is 0 Å². The Labute approximate surface area is 198 Å². The summed E-state index contributed by atoms with van der Waals surface area (Å²) in [6.07, 6.45) is 4.63. The van der Waals surface area contributed by atoms with Gasteiger partial charge in [-0.05, 0) is 59.8 Å². The molecular weight excluding hydrogens is 428 g/mol. The van der Waals surface area contributed by atoms with Gasteiger partial charge in [0.1, 0.15) is 5.75 Å². The summed E-state index contributed by atoms with van der Waals surface area (Å²) in [5, 5.41) is 13.7. The summed E-state index contributed by atoms with van der Waals surface area (Å²) in [5.74, 6) is 1.65. The van der Waals surface area contributed by atoms with Gasteiger partial charge in [0.05, 0.1) is 19.7 Å². The van der Waals surface area contributed by atoms with Crippen LogP contribution in [-0.2, 0) is 19.6 Å². The zero-order chi connectivity index (χ0) is 23.5. The Balaban J connectivity index is 1.48. The first-order valence-corrected chi connectivity index (χ1v) is 11.8. The Hall–Kier alpha value is -3.52. The Morgan fingerprint density at radius 2 is 1.85 bits per heavy atom. The van der Waals surface area contributed by atoms with Crippen LogP contribution in [0.4, 0.5) is 0 Å². The SMILES string of the molecule is COc1ccccc1CN(Cc1cc2cc(C)ccc2[nH]c1=O)Cc1nnnn1C1CCCC1. The average molecular weight is 459 g/mol. The number of tetrazole rings is 1. The van der Waals surface area contributed by atoms with E-state index < -0.39 is 0 Å². The number of para-hydroxylation sites is 1. The van der Waals surface area contributed by atoms with Crippen molar-refractivity contribution in [2.75, 3.05) is 7.11 Å². The topological polar surface area (TPSA) is 88.9 Å². The van der Waals surface area contributed by atoms with Gasteiger partial charge in [-0.25, -0.2) is 4.68 Å². The molecule has 0 radical (unpaired) electrons. The largest absolute Gasteiger partial charge is 0.496 e. The van der Waals surface area contributed by atoms with Gasteiger partial charge in [0.25, 0.3) is 5.56 Å². The minimum Gasteiger partial charge on any atom is -0.496 e. The van der Waals surface area contributed by atoms with E-state index in [2.05, 4.69) is 44.5 Å². The molecule has 5 rings (SSSR count). The summed E-state index contributed by atoms with van der Waals surface area (Å²) >= 11 is 0. The molecule has 0 aliphatic heterocycles. The minimum absolute atomic E-state index is 0.0724. The molecule has 1 N–H and O–H groups in total. The molecule has 2 heterocycles. The first-order chi connectivity index (χ1) is 16.6. The van der Waals surface area contributed by atoms with Crippen molar-refractivity contribution >= 4 is 10.9 Å². The number of methoxy groups -OCH3 is 1. The first-order valence-electron chi connectivity index (χ1n) is 11.8. The molecule has 176 valence electrons. The maximum Gasteiger partial charge on any atom is 0.252 e. The molecule has 34 heavy (non-hydrogen) atoms. The van der Waals surface area contributed by atoms with Crippen LogP contribution in [0.1, 0.15) is 54.2 Å². The molecule has 4 aromatic rings. The summed E-state index contributed by atoms with van der Waals surface area (Å²) < 4.78 is 7.57. The fourth-order valence-corrected chi connectivity index (χ4v) is 4.92. The van der Waals surface area contributed by atoms with Crippen LogP contribution in [0.2, 0.25) is 0 Å². The van der Waals surface area contributed by atoms with Gasteiger partial charge in [0.2, 0.25) is 0 Å². The molecule has 0 unspecified atom stereocenters.